The van der Waals surface area contributed by atoms with Crippen LogP contribution in [-0.4, -0.2) is 102 Å². The van der Waals surface area contributed by atoms with E-state index in [9.17, 15) is 0 Å². The molecule has 0 saturated carbocycles. The van der Waals surface area contributed by atoms with E-state index in [4.69, 9.17) is 37.9 Å². The molecule has 2 atom stereocenters. The van der Waals surface area contributed by atoms with E-state index in [2.05, 4.69) is 22.4 Å². The average Bonchev–Trinajstić information content (AvgIpc) is 3.78. The van der Waals surface area contributed by atoms with Crippen molar-refractivity contribution < 1.29 is 37.9 Å². The van der Waals surface area contributed by atoms with Crippen molar-refractivity contribution in [2.24, 2.45) is 0 Å². The highest BCUT2D eigenvalue weighted by molar-refractivity contribution is 8.37. The lowest BCUT2D eigenvalue weighted by molar-refractivity contribution is -0.169. The molecule has 4 aliphatic rings. The second-order valence-corrected chi connectivity index (χ2v) is 16.2. The monoisotopic (exact) mass is 707 g/mol. The van der Waals surface area contributed by atoms with Crippen LogP contribution in [0.4, 0.5) is 0 Å². The van der Waals surface area contributed by atoms with Gasteiger partial charge in [0.1, 0.15) is 0 Å². The molecule has 1 aromatic rings. The van der Waals surface area contributed by atoms with Gasteiger partial charge in [0, 0.05) is 47.7 Å². The Bertz CT molecular complexity index is 1000. The van der Waals surface area contributed by atoms with E-state index < -0.39 is 0 Å². The van der Waals surface area contributed by atoms with Crippen LogP contribution in [0.1, 0.15) is 38.5 Å². The van der Waals surface area contributed by atoms with Crippen LogP contribution in [0.3, 0.4) is 0 Å². The fourth-order valence-corrected chi connectivity index (χ4v) is 11.1. The van der Waals surface area contributed by atoms with Crippen LogP contribution in [0.2, 0.25) is 0 Å². The Balaban J connectivity index is 0.836. The largest absolute Gasteiger partial charge is 0.378 e. The molecule has 5 rings (SSSR count). The smallest absolute Gasteiger partial charge is 0.157 e. The van der Waals surface area contributed by atoms with Gasteiger partial charge in [0.15, 0.2) is 12.6 Å². The molecule has 248 valence electrons. The first-order valence-corrected chi connectivity index (χ1v) is 19.9. The van der Waals surface area contributed by atoms with Gasteiger partial charge in [-0.05, 0) is 43.9 Å². The molecule has 5 heterocycles. The number of hydrogen-bond acceptors (Lipinski definition) is 13. The first-order valence-electron chi connectivity index (χ1n) is 15.6. The Kier molecular flexibility index (Phi) is 17.1. The van der Waals surface area contributed by atoms with Gasteiger partial charge in [-0.15, -0.1) is 11.8 Å². The van der Waals surface area contributed by atoms with Crippen LogP contribution in [0.15, 0.2) is 40.3 Å². The molecule has 0 bridgehead atoms. The van der Waals surface area contributed by atoms with E-state index in [0.29, 0.717) is 59.5 Å². The SMILES string of the molecule is C1=C(SCCOCCOCCOC2CCCCO2)SC(=C2Sc3cn(CCOCCOCCOC4CCCCO4)cc3S2)S1. The minimum Gasteiger partial charge on any atom is -0.378 e. The molecule has 2 saturated heterocycles. The summed E-state index contributed by atoms with van der Waals surface area (Å²) < 4.78 is 51.5. The zero-order chi connectivity index (χ0) is 30.1. The van der Waals surface area contributed by atoms with Gasteiger partial charge >= 0.3 is 0 Å². The van der Waals surface area contributed by atoms with Crippen LogP contribution < -0.4 is 0 Å². The fourth-order valence-electron chi connectivity index (χ4n) is 4.62. The van der Waals surface area contributed by atoms with E-state index in [1.54, 1.807) is 0 Å². The molecule has 0 amide bonds. The Morgan fingerprint density at radius 3 is 1.82 bits per heavy atom. The zero-order valence-corrected chi connectivity index (χ0v) is 29.4. The fraction of sp³-hybridized carbons (Fsp3) is 0.733. The Labute approximate surface area is 282 Å². The van der Waals surface area contributed by atoms with Crippen LogP contribution in [0.5, 0.6) is 0 Å². The van der Waals surface area contributed by atoms with Crippen LogP contribution in [0, 0.1) is 0 Å². The van der Waals surface area contributed by atoms with E-state index in [1.807, 2.05) is 58.8 Å². The molecule has 2 unspecified atom stereocenters. The number of ether oxygens (including phenoxy) is 8. The summed E-state index contributed by atoms with van der Waals surface area (Å²) in [5.41, 5.74) is 0. The number of nitrogens with zero attached hydrogens (tertiary/aromatic N) is 1. The lowest BCUT2D eigenvalue weighted by Gasteiger charge is -2.22. The maximum Gasteiger partial charge on any atom is 0.157 e. The third kappa shape index (κ3) is 13.0. The van der Waals surface area contributed by atoms with Crippen LogP contribution in [0.25, 0.3) is 0 Å². The molecule has 1 aromatic heterocycles. The van der Waals surface area contributed by atoms with Crippen molar-refractivity contribution in [1.82, 2.24) is 4.57 Å². The molecule has 0 aromatic carbocycles. The quantitative estimate of drug-likeness (QED) is 0.124. The maximum atomic E-state index is 5.77. The van der Waals surface area contributed by atoms with Crippen molar-refractivity contribution in [3.05, 3.63) is 30.5 Å². The molecule has 0 spiro atoms. The average molecular weight is 708 g/mol. The molecule has 2 fully saturated rings. The predicted octanol–water partition coefficient (Wildman–Crippen LogP) is 6.98. The highest BCUT2D eigenvalue weighted by Crippen LogP contribution is 2.60. The summed E-state index contributed by atoms with van der Waals surface area (Å²) in [6.07, 6.45) is 11.0. The minimum absolute atomic E-state index is 0.0473. The topological polar surface area (TPSA) is 78.8 Å². The summed E-state index contributed by atoms with van der Waals surface area (Å²) in [5, 5.41) is 2.26. The van der Waals surface area contributed by atoms with Gasteiger partial charge in [-0.2, -0.15) is 0 Å². The van der Waals surface area contributed by atoms with Crippen molar-refractivity contribution in [2.45, 2.75) is 67.4 Å². The van der Waals surface area contributed by atoms with Gasteiger partial charge in [-0.1, -0.05) is 47.0 Å². The number of aromatic nitrogens is 1. The van der Waals surface area contributed by atoms with Gasteiger partial charge in [-0.25, -0.2) is 0 Å². The minimum atomic E-state index is -0.0505. The van der Waals surface area contributed by atoms with Crippen molar-refractivity contribution in [1.29, 1.82) is 0 Å². The molecule has 4 aliphatic heterocycles. The maximum absolute atomic E-state index is 5.77. The van der Waals surface area contributed by atoms with Crippen molar-refractivity contribution in [3.63, 3.8) is 0 Å². The standard InChI is InChI=1S/C30H45NO8S5/c1-3-8-36-26(5-1)38-17-15-33-12-11-32-10-7-31-21-24-25(22-31)43-30(42-24)29-41-23-28(44-29)40-20-19-35-14-13-34-16-18-39-27-6-2-4-9-37-27/h21-23,26-27H,1-20H2. The lowest BCUT2D eigenvalue weighted by atomic mass is 10.2. The van der Waals surface area contributed by atoms with E-state index in [0.717, 1.165) is 57.8 Å². The molecule has 14 heteroatoms. The van der Waals surface area contributed by atoms with E-state index >= 15 is 0 Å². The molecule has 0 N–H and O–H groups in total. The molecular weight excluding hydrogens is 663 g/mol. The van der Waals surface area contributed by atoms with Gasteiger partial charge < -0.3 is 42.5 Å². The normalized spacial score (nSPS) is 22.1. The number of fused-ring (bicyclic) bond motifs is 1. The summed E-state index contributed by atoms with van der Waals surface area (Å²) in [6, 6.07) is 0. The highest BCUT2D eigenvalue weighted by Gasteiger charge is 2.26. The second kappa shape index (κ2) is 21.2. The number of rotatable bonds is 21. The number of hydrogen-bond donors (Lipinski definition) is 0. The molecule has 44 heavy (non-hydrogen) atoms. The molecular formula is C30H45NO8S5. The van der Waals surface area contributed by atoms with Gasteiger partial charge in [-0.3, -0.25) is 0 Å². The lowest BCUT2D eigenvalue weighted by Crippen LogP contribution is -2.24. The predicted molar refractivity (Wildman–Crippen MR) is 181 cm³/mol. The van der Waals surface area contributed by atoms with Crippen LogP contribution >= 0.6 is 58.8 Å². The molecule has 9 nitrogen and oxygen atoms in total. The summed E-state index contributed by atoms with van der Waals surface area (Å²) >= 11 is 9.32. The van der Waals surface area contributed by atoms with Gasteiger partial charge in [0.05, 0.1) is 78.8 Å². The second-order valence-electron chi connectivity index (χ2n) is 10.3. The summed E-state index contributed by atoms with van der Waals surface area (Å²) in [5.74, 6) is 0.939. The summed E-state index contributed by atoms with van der Waals surface area (Å²) in [4.78, 5) is 2.66. The van der Waals surface area contributed by atoms with Crippen molar-refractivity contribution in [3.8, 4) is 0 Å². The van der Waals surface area contributed by atoms with E-state index in [1.165, 1.54) is 35.3 Å². The van der Waals surface area contributed by atoms with Gasteiger partial charge in [0.25, 0.3) is 0 Å². The number of thioether (sulfide) groups is 5. The first-order chi connectivity index (χ1) is 21.8. The Hall–Kier alpha value is 0.190. The van der Waals surface area contributed by atoms with Gasteiger partial charge in [0.2, 0.25) is 0 Å². The third-order valence-electron chi connectivity index (χ3n) is 6.88. The highest BCUT2D eigenvalue weighted by atomic mass is 32.2. The molecule has 0 aliphatic carbocycles. The van der Waals surface area contributed by atoms with Crippen molar-refractivity contribution >= 4 is 58.8 Å². The zero-order valence-electron chi connectivity index (χ0n) is 25.3. The molecule has 0 radical (unpaired) electrons. The summed E-state index contributed by atoms with van der Waals surface area (Å²) in [6.45, 7) is 8.52. The third-order valence-corrected chi connectivity index (χ3v) is 13.6. The summed E-state index contributed by atoms with van der Waals surface area (Å²) in [7, 11) is 0. The Morgan fingerprint density at radius 1 is 0.659 bits per heavy atom. The van der Waals surface area contributed by atoms with E-state index in [-0.39, 0.29) is 12.6 Å². The van der Waals surface area contributed by atoms with Crippen LogP contribution in [-0.2, 0) is 44.4 Å². The first kappa shape index (κ1) is 35.5. The van der Waals surface area contributed by atoms with Crippen molar-refractivity contribution in [2.75, 3.05) is 85.0 Å². The Morgan fingerprint density at radius 2 is 1.23 bits per heavy atom.